The van der Waals surface area contributed by atoms with Crippen LogP contribution in [0.5, 0.6) is 0 Å². The number of pyridine rings is 4. The number of nitrogens with zero attached hydrogens (tertiary/aromatic N) is 5. The number of benzene rings is 2. The number of carbonyl (C=O) groups is 4. The van der Waals surface area contributed by atoms with E-state index in [1.165, 1.54) is 0 Å². The summed E-state index contributed by atoms with van der Waals surface area (Å²) >= 11 is 0. The van der Waals surface area contributed by atoms with Gasteiger partial charge in [-0.3, -0.25) is 19.9 Å². The Morgan fingerprint density at radius 2 is 0.717 bits per heavy atom. The Hall–Kier alpha value is -6.35. The average molecular weight is 670 g/mol. The largest absolute Gasteiger partial charge is 3.00 e. The minimum absolute atomic E-state index is 0. The van der Waals surface area contributed by atoms with Crippen LogP contribution in [-0.2, 0) is 36.5 Å². The summed E-state index contributed by atoms with van der Waals surface area (Å²) in [6, 6.07) is 24.3. The van der Waals surface area contributed by atoms with Crippen LogP contribution >= 0.6 is 0 Å². The van der Waals surface area contributed by atoms with Crippen LogP contribution < -0.4 is 10.2 Å². The van der Waals surface area contributed by atoms with E-state index < -0.39 is 29.0 Å². The first-order valence-electron chi connectivity index (χ1n) is 11.8. The van der Waals surface area contributed by atoms with Crippen LogP contribution in [0.4, 0.5) is 0 Å². The minimum Gasteiger partial charge on any atom is -0.543 e. The molecule has 0 amide bonds. The molecule has 17 nitrogen and oxygen atoms in total. The number of fused-ring (bicyclic) bond motifs is 6. The Labute approximate surface area is 267 Å². The van der Waals surface area contributed by atoms with Crippen molar-refractivity contribution in [1.29, 1.82) is 0 Å². The molecule has 18 heteroatoms. The number of aromatic nitrogens is 4. The Balaban J connectivity index is 0.000000595. The molecule has 4 aromatic heterocycles. The summed E-state index contributed by atoms with van der Waals surface area (Å²) in [6.07, 6.45) is 7.21. The second-order valence-corrected chi connectivity index (χ2v) is 7.84. The molecular formula is C28H20CrN5O12. The van der Waals surface area contributed by atoms with E-state index in [2.05, 4.69) is 68.5 Å². The molecule has 0 aliphatic carbocycles. The standard InChI is InChI=1S/2C12H8N2.2C2H2O4.Cr.NO3.H2O/c2*1-3-9-5-6-10-4-2-8-14-12(10)11(9)13-7-1;2*3-1(4)2(5)6;;2-1(3)4;/h2*1-8H;2*(H,3,4)(H,5,6);;;1H2/q;;;;+3;-1;/p-2. The number of carboxylic acids is 4. The van der Waals surface area contributed by atoms with Crippen molar-refractivity contribution in [3.8, 4) is 0 Å². The quantitative estimate of drug-likeness (QED) is 0.0939. The molecule has 0 fully saturated rings. The van der Waals surface area contributed by atoms with E-state index in [4.69, 9.17) is 54.9 Å². The van der Waals surface area contributed by atoms with Crippen LogP contribution in [0.15, 0.2) is 97.6 Å². The zero-order valence-electron chi connectivity index (χ0n) is 23.0. The molecule has 2 aromatic carbocycles. The van der Waals surface area contributed by atoms with E-state index in [1.807, 2.05) is 24.3 Å². The molecule has 4 N–H and O–H groups in total. The smallest absolute Gasteiger partial charge is 0.543 e. The Morgan fingerprint density at radius 1 is 0.522 bits per heavy atom. The third kappa shape index (κ3) is 12.5. The van der Waals surface area contributed by atoms with Crippen molar-refractivity contribution in [3.63, 3.8) is 0 Å². The zero-order valence-corrected chi connectivity index (χ0v) is 24.2. The molecule has 1 radical (unpaired) electrons. The van der Waals surface area contributed by atoms with E-state index in [1.54, 1.807) is 24.8 Å². The molecule has 0 atom stereocenters. The van der Waals surface area contributed by atoms with Crippen molar-refractivity contribution in [1.82, 2.24) is 19.9 Å². The molecule has 0 saturated heterocycles. The van der Waals surface area contributed by atoms with E-state index in [0.29, 0.717) is 0 Å². The molecule has 4 heterocycles. The van der Waals surface area contributed by atoms with E-state index >= 15 is 0 Å². The molecule has 0 aliphatic heterocycles. The average Bonchev–Trinajstić information content (AvgIpc) is 3.01. The van der Waals surface area contributed by atoms with Gasteiger partial charge in [0.15, 0.2) is 0 Å². The van der Waals surface area contributed by atoms with Gasteiger partial charge in [-0.2, -0.15) is 0 Å². The van der Waals surface area contributed by atoms with Crippen molar-refractivity contribution < 1.29 is 67.5 Å². The van der Waals surface area contributed by atoms with Gasteiger partial charge in [-0.05, 0) is 24.3 Å². The van der Waals surface area contributed by atoms with Gasteiger partial charge >= 0.3 is 29.3 Å². The van der Waals surface area contributed by atoms with Crippen LogP contribution in [0, 0.1) is 15.3 Å². The Bertz CT molecular complexity index is 1690. The zero-order chi connectivity index (χ0) is 32.6. The second kappa shape index (κ2) is 19.8. The third-order valence-corrected chi connectivity index (χ3v) is 5.04. The number of rotatable bonds is 0. The topological polar surface area (TPSA) is 304 Å². The van der Waals surface area contributed by atoms with Gasteiger partial charge in [-0.25, -0.2) is 9.59 Å². The fourth-order valence-electron chi connectivity index (χ4n) is 3.36. The summed E-state index contributed by atoms with van der Waals surface area (Å²) in [5.74, 6) is -8.02. The maximum atomic E-state index is 9.10. The van der Waals surface area contributed by atoms with Crippen molar-refractivity contribution in [2.24, 2.45) is 0 Å². The van der Waals surface area contributed by atoms with Crippen molar-refractivity contribution >= 4 is 67.5 Å². The third-order valence-electron chi connectivity index (χ3n) is 5.04. The summed E-state index contributed by atoms with van der Waals surface area (Å²) in [7, 11) is 0. The predicted molar refractivity (Wildman–Crippen MR) is 153 cm³/mol. The molecule has 0 saturated carbocycles. The SMILES string of the molecule is O.O=C(O)C(=O)O.O=C([O-])C(=O)[O-].O=[N+]([O-])[O-].[Cr+3].c1cnc2c(c1)ccc1cccnc12.c1cnc2c(c1)ccc1cccnc12. The van der Waals surface area contributed by atoms with Crippen molar-refractivity contribution in [2.45, 2.75) is 0 Å². The van der Waals surface area contributed by atoms with Crippen LogP contribution in [0.3, 0.4) is 0 Å². The number of hydrogen-bond donors (Lipinski definition) is 2. The van der Waals surface area contributed by atoms with E-state index in [-0.39, 0.29) is 22.8 Å². The molecule has 0 unspecified atom stereocenters. The normalized spacial score (nSPS) is 9.04. The van der Waals surface area contributed by atoms with Gasteiger partial charge < -0.3 is 50.8 Å². The van der Waals surface area contributed by atoms with E-state index in [9.17, 15) is 0 Å². The fourth-order valence-corrected chi connectivity index (χ4v) is 3.36. The summed E-state index contributed by atoms with van der Waals surface area (Å²) < 4.78 is 0. The van der Waals surface area contributed by atoms with Gasteiger partial charge in [-0.1, -0.05) is 48.5 Å². The number of carbonyl (C=O) groups excluding carboxylic acids is 2. The summed E-state index contributed by atoms with van der Waals surface area (Å²) in [4.78, 5) is 61.7. The van der Waals surface area contributed by atoms with Crippen LogP contribution in [0.1, 0.15) is 0 Å². The summed E-state index contributed by atoms with van der Waals surface area (Å²) in [6.45, 7) is 0. The van der Waals surface area contributed by atoms with Crippen molar-refractivity contribution in [2.75, 3.05) is 0 Å². The van der Waals surface area contributed by atoms with Crippen LogP contribution in [-0.4, -0.2) is 64.6 Å². The summed E-state index contributed by atoms with van der Waals surface area (Å²) in [5.41, 5.74) is 3.91. The number of carboxylic acid groups (broad SMARTS) is 4. The molecule has 235 valence electrons. The molecule has 6 rings (SSSR count). The predicted octanol–water partition coefficient (Wildman–Crippen LogP) is 0.142. The molecule has 0 spiro atoms. The van der Waals surface area contributed by atoms with Gasteiger partial charge in [0, 0.05) is 46.3 Å². The minimum atomic E-state index is -2.19. The molecular weight excluding hydrogens is 650 g/mol. The van der Waals surface area contributed by atoms with Crippen LogP contribution in [0.25, 0.3) is 43.6 Å². The van der Waals surface area contributed by atoms with Crippen LogP contribution in [0.2, 0.25) is 0 Å². The van der Waals surface area contributed by atoms with Gasteiger partial charge in [-0.15, -0.1) is 0 Å². The molecule has 46 heavy (non-hydrogen) atoms. The van der Waals surface area contributed by atoms with Gasteiger partial charge in [0.05, 0.1) is 39.1 Å². The van der Waals surface area contributed by atoms with Gasteiger partial charge in [0.1, 0.15) is 0 Å². The second-order valence-electron chi connectivity index (χ2n) is 7.84. The fraction of sp³-hybridized carbons (Fsp3) is 0. The first kappa shape index (κ1) is 39.7. The van der Waals surface area contributed by atoms with E-state index in [0.717, 1.165) is 43.6 Å². The maximum absolute atomic E-state index is 9.10. The van der Waals surface area contributed by atoms with Gasteiger partial charge in [0.2, 0.25) is 0 Å². The Kier molecular flexibility index (Phi) is 17.0. The summed E-state index contributed by atoms with van der Waals surface area (Å²) in [5, 5.41) is 51.9. The number of aliphatic carboxylic acids is 4. The monoisotopic (exact) mass is 670 g/mol. The van der Waals surface area contributed by atoms with Crippen molar-refractivity contribution in [3.05, 3.63) is 113 Å². The Morgan fingerprint density at radius 3 is 0.870 bits per heavy atom. The molecule has 6 aromatic rings. The first-order chi connectivity index (χ1) is 20.9. The maximum Gasteiger partial charge on any atom is 3.00 e. The van der Waals surface area contributed by atoms with Gasteiger partial charge in [0.25, 0.3) is 0 Å². The molecule has 0 bridgehead atoms. The first-order valence-corrected chi connectivity index (χ1v) is 11.8. The number of hydrogen-bond acceptors (Lipinski definition) is 13. The molecule has 0 aliphatic rings.